The van der Waals surface area contributed by atoms with E-state index in [0.717, 1.165) is 57.8 Å². The van der Waals surface area contributed by atoms with Crippen LogP contribution < -0.4 is 0 Å². The van der Waals surface area contributed by atoms with Crippen molar-refractivity contribution in [1.82, 2.24) is 0 Å². The second kappa shape index (κ2) is 35.9. The first-order chi connectivity index (χ1) is 21.6. The summed E-state index contributed by atoms with van der Waals surface area (Å²) in [5, 5.41) is 0. The Morgan fingerprint density at radius 1 is 0.523 bits per heavy atom. The van der Waals surface area contributed by atoms with Crippen molar-refractivity contribution < 1.29 is 19.1 Å². The molecule has 0 bridgehead atoms. The van der Waals surface area contributed by atoms with Gasteiger partial charge in [-0.25, -0.2) is 0 Å². The molecule has 0 spiro atoms. The lowest BCUT2D eigenvalue weighted by Gasteiger charge is -2.15. The fourth-order valence-corrected chi connectivity index (χ4v) is 5.19. The van der Waals surface area contributed by atoms with Gasteiger partial charge in [-0.3, -0.25) is 9.59 Å². The third-order valence-electron chi connectivity index (χ3n) is 7.87. The number of carbonyl (C=O) groups excluding carboxylic acids is 2. The summed E-state index contributed by atoms with van der Waals surface area (Å²) in [6.07, 6.45) is 42.6. The smallest absolute Gasteiger partial charge is 0.306 e. The molecule has 0 aromatic heterocycles. The molecule has 1 unspecified atom stereocenters. The van der Waals surface area contributed by atoms with Gasteiger partial charge in [0.2, 0.25) is 0 Å². The van der Waals surface area contributed by atoms with Crippen molar-refractivity contribution in [2.24, 2.45) is 0 Å². The number of unbranched alkanes of at least 4 members (excludes halogenated alkanes) is 19. The molecule has 0 heterocycles. The molecule has 0 aliphatic carbocycles. The molecule has 0 aliphatic heterocycles. The van der Waals surface area contributed by atoms with Crippen LogP contribution in [0.1, 0.15) is 181 Å². The average molecular weight is 637 g/mol. The Hall–Kier alpha value is -1.55. The summed E-state index contributed by atoms with van der Waals surface area (Å²) < 4.78 is 10.8. The average Bonchev–Trinajstić information content (AvgIpc) is 3.02. The van der Waals surface area contributed by atoms with Crippen molar-refractivity contribution in [3.63, 3.8) is 0 Å². The first-order valence-electron chi connectivity index (χ1n) is 18.5. The zero-order valence-corrected chi connectivity index (χ0v) is 29.6. The summed E-state index contributed by atoms with van der Waals surface area (Å²) in [4.78, 5) is 24.3. The van der Waals surface area contributed by atoms with Gasteiger partial charge < -0.3 is 9.47 Å². The first kappa shape index (κ1) is 42.5. The topological polar surface area (TPSA) is 52.6 Å². The van der Waals surface area contributed by atoms with Gasteiger partial charge in [0.1, 0.15) is 12.7 Å². The number of rotatable bonds is 33. The second-order valence-electron chi connectivity index (χ2n) is 12.3. The SMILES string of the molecule is CCCCC/C=C/C/C=C/CCCCCCCC(=O)OC(CCl)COC(=O)CCCCCCC/C=C/CCCCCCCC. The number of hydrogen-bond acceptors (Lipinski definition) is 4. The molecule has 0 radical (unpaired) electrons. The van der Waals surface area contributed by atoms with Gasteiger partial charge in [0.15, 0.2) is 0 Å². The normalized spacial score (nSPS) is 12.5. The van der Waals surface area contributed by atoms with Crippen molar-refractivity contribution in [2.75, 3.05) is 12.5 Å². The Morgan fingerprint density at radius 3 is 1.41 bits per heavy atom. The molecule has 0 aromatic carbocycles. The minimum Gasteiger partial charge on any atom is -0.462 e. The summed E-state index contributed by atoms with van der Waals surface area (Å²) in [5.74, 6) is -0.355. The molecular formula is C39H69ClO4. The third-order valence-corrected chi connectivity index (χ3v) is 8.22. The molecule has 0 amide bonds. The van der Waals surface area contributed by atoms with Crippen LogP contribution in [0.4, 0.5) is 0 Å². The van der Waals surface area contributed by atoms with Crippen LogP contribution in [-0.4, -0.2) is 30.5 Å². The van der Waals surface area contributed by atoms with Crippen LogP contribution in [0.15, 0.2) is 36.5 Å². The van der Waals surface area contributed by atoms with Crippen LogP contribution in [0.5, 0.6) is 0 Å². The number of ether oxygens (including phenoxy) is 2. The Bertz CT molecular complexity index is 715. The highest BCUT2D eigenvalue weighted by Gasteiger charge is 2.16. The van der Waals surface area contributed by atoms with Crippen LogP contribution in [0.25, 0.3) is 0 Å². The van der Waals surface area contributed by atoms with E-state index in [-0.39, 0.29) is 24.4 Å². The maximum Gasteiger partial charge on any atom is 0.306 e. The van der Waals surface area contributed by atoms with E-state index in [2.05, 4.69) is 50.3 Å². The number of carbonyl (C=O) groups is 2. The van der Waals surface area contributed by atoms with Crippen LogP contribution in [-0.2, 0) is 19.1 Å². The zero-order chi connectivity index (χ0) is 32.2. The van der Waals surface area contributed by atoms with Gasteiger partial charge in [0.25, 0.3) is 0 Å². The van der Waals surface area contributed by atoms with E-state index in [9.17, 15) is 9.59 Å². The monoisotopic (exact) mass is 636 g/mol. The van der Waals surface area contributed by atoms with E-state index < -0.39 is 6.10 Å². The standard InChI is InChI=1S/C39H69ClO4/c1-3-5-7-9-11-13-15-17-19-21-23-25-27-29-31-33-38(41)43-36-37(35-40)44-39(42)34-32-30-28-26-24-22-20-18-16-14-12-10-8-6-4-2/h12,14,17-20,37H,3-11,13,15-16,21-36H2,1-2H3/b14-12+,19-17+,20-18+. The second-order valence-corrected chi connectivity index (χ2v) is 12.6. The Balaban J connectivity index is 3.61. The van der Waals surface area contributed by atoms with E-state index in [1.54, 1.807) is 0 Å². The number of halogens is 1. The number of hydrogen-bond donors (Lipinski definition) is 0. The van der Waals surface area contributed by atoms with E-state index in [0.29, 0.717) is 12.8 Å². The van der Waals surface area contributed by atoms with Gasteiger partial charge in [-0.05, 0) is 70.6 Å². The van der Waals surface area contributed by atoms with E-state index in [1.807, 2.05) is 0 Å². The molecule has 0 fully saturated rings. The van der Waals surface area contributed by atoms with Crippen LogP contribution in [0, 0.1) is 0 Å². The highest BCUT2D eigenvalue weighted by atomic mass is 35.5. The summed E-state index contributed by atoms with van der Waals surface area (Å²) in [6, 6.07) is 0. The minimum atomic E-state index is -0.569. The van der Waals surface area contributed by atoms with Crippen LogP contribution in [0.3, 0.4) is 0 Å². The lowest BCUT2D eigenvalue weighted by Crippen LogP contribution is -2.26. The number of allylic oxidation sites excluding steroid dienone is 6. The molecule has 256 valence electrons. The van der Waals surface area contributed by atoms with Crippen molar-refractivity contribution in [3.05, 3.63) is 36.5 Å². The Labute approximate surface area is 277 Å². The van der Waals surface area contributed by atoms with Gasteiger partial charge in [0, 0.05) is 12.8 Å². The van der Waals surface area contributed by atoms with Gasteiger partial charge in [-0.2, -0.15) is 0 Å². The predicted octanol–water partition coefficient (Wildman–Crippen LogP) is 12.5. The summed E-state index contributed by atoms with van der Waals surface area (Å²) in [5.41, 5.74) is 0. The largest absolute Gasteiger partial charge is 0.462 e. The fourth-order valence-electron chi connectivity index (χ4n) is 5.03. The molecule has 0 rings (SSSR count). The van der Waals surface area contributed by atoms with E-state index in [1.165, 1.54) is 96.3 Å². The molecule has 0 N–H and O–H groups in total. The van der Waals surface area contributed by atoms with Crippen LogP contribution in [0.2, 0.25) is 0 Å². The van der Waals surface area contributed by atoms with Gasteiger partial charge >= 0.3 is 11.9 Å². The summed E-state index contributed by atoms with van der Waals surface area (Å²) in [7, 11) is 0. The maximum atomic E-state index is 12.2. The van der Waals surface area contributed by atoms with Crippen molar-refractivity contribution in [2.45, 2.75) is 187 Å². The molecular weight excluding hydrogens is 568 g/mol. The van der Waals surface area contributed by atoms with Crippen molar-refractivity contribution in [1.29, 1.82) is 0 Å². The fraction of sp³-hybridized carbons (Fsp3) is 0.795. The van der Waals surface area contributed by atoms with Gasteiger partial charge in [-0.15, -0.1) is 11.6 Å². The first-order valence-corrected chi connectivity index (χ1v) is 19.0. The molecule has 0 aromatic rings. The Morgan fingerprint density at radius 2 is 0.909 bits per heavy atom. The van der Waals surface area contributed by atoms with Gasteiger partial charge in [-0.1, -0.05) is 134 Å². The van der Waals surface area contributed by atoms with Crippen LogP contribution >= 0.6 is 11.6 Å². The van der Waals surface area contributed by atoms with E-state index >= 15 is 0 Å². The predicted molar refractivity (Wildman–Crippen MR) is 190 cm³/mol. The number of alkyl halides is 1. The lowest BCUT2D eigenvalue weighted by molar-refractivity contribution is -0.157. The van der Waals surface area contributed by atoms with Crippen molar-refractivity contribution in [3.8, 4) is 0 Å². The molecule has 44 heavy (non-hydrogen) atoms. The van der Waals surface area contributed by atoms with Gasteiger partial charge in [0.05, 0.1) is 5.88 Å². The molecule has 1 atom stereocenters. The maximum absolute atomic E-state index is 12.2. The lowest BCUT2D eigenvalue weighted by atomic mass is 10.1. The minimum absolute atomic E-state index is 0.0430. The third kappa shape index (κ3) is 33.3. The molecule has 0 saturated heterocycles. The summed E-state index contributed by atoms with van der Waals surface area (Å²) in [6.45, 7) is 4.54. The molecule has 5 heteroatoms. The molecule has 4 nitrogen and oxygen atoms in total. The quantitative estimate of drug-likeness (QED) is 0.0311. The zero-order valence-electron chi connectivity index (χ0n) is 28.9. The number of esters is 2. The molecule has 0 aliphatic rings. The van der Waals surface area contributed by atoms with E-state index in [4.69, 9.17) is 21.1 Å². The molecule has 0 saturated carbocycles. The van der Waals surface area contributed by atoms with Crippen molar-refractivity contribution >= 4 is 23.5 Å². The Kier molecular flexibility index (Phi) is 34.7. The highest BCUT2D eigenvalue weighted by Crippen LogP contribution is 2.12. The highest BCUT2D eigenvalue weighted by molar-refractivity contribution is 6.18. The summed E-state index contributed by atoms with van der Waals surface area (Å²) >= 11 is 5.96.